The van der Waals surface area contributed by atoms with Crippen molar-refractivity contribution in [3.8, 4) is 0 Å². The van der Waals surface area contributed by atoms with E-state index in [0.29, 0.717) is 0 Å². The van der Waals surface area contributed by atoms with Crippen molar-refractivity contribution in [2.45, 2.75) is 4.90 Å². The lowest BCUT2D eigenvalue weighted by Gasteiger charge is -2.26. The molecule has 3 N–H and O–H groups in total. The van der Waals surface area contributed by atoms with E-state index in [4.69, 9.17) is 50.0 Å². The number of carbonyl (C=O) groups is 2. The normalized spacial score (nSPS) is 14.7. The molecule has 1 saturated heterocycles. The number of halogens is 3. The van der Waals surface area contributed by atoms with Crippen molar-refractivity contribution >= 4 is 68.1 Å². The Hall–Kier alpha value is -2.08. The van der Waals surface area contributed by atoms with Crippen LogP contribution in [0.4, 0.5) is 11.4 Å². The van der Waals surface area contributed by atoms with Crippen LogP contribution in [0.1, 0.15) is 10.4 Å². The number of hydrogen-bond acceptors (Lipinski definition) is 7. The van der Waals surface area contributed by atoms with Gasteiger partial charge in [0.05, 0.1) is 34.5 Å². The summed E-state index contributed by atoms with van der Waals surface area (Å²) in [5.41, 5.74) is 5.79. The molecule has 1 amide bonds. The van der Waals surface area contributed by atoms with Gasteiger partial charge in [0.2, 0.25) is 10.0 Å². The lowest BCUT2D eigenvalue weighted by molar-refractivity contribution is -0.119. The average Bonchev–Trinajstić information content (AvgIpc) is 2.76. The second kappa shape index (κ2) is 10.2. The highest BCUT2D eigenvalue weighted by atomic mass is 35.5. The van der Waals surface area contributed by atoms with Gasteiger partial charge in [-0.1, -0.05) is 34.8 Å². The van der Waals surface area contributed by atoms with Crippen LogP contribution in [0.25, 0.3) is 0 Å². The first kappa shape index (κ1) is 24.6. The Kier molecular flexibility index (Phi) is 7.86. The Morgan fingerprint density at radius 3 is 2.47 bits per heavy atom. The number of hydrogen-bond donors (Lipinski definition) is 2. The number of nitrogens with zero attached hydrogens (tertiary/aromatic N) is 1. The Balaban J connectivity index is 1.68. The average molecular weight is 523 g/mol. The smallest absolute Gasteiger partial charge is 0.340 e. The molecular formula is C19H18Cl3N3O6S. The van der Waals surface area contributed by atoms with Crippen molar-refractivity contribution in [3.63, 3.8) is 0 Å². The number of amides is 1. The molecule has 3 rings (SSSR count). The van der Waals surface area contributed by atoms with Crippen LogP contribution in [-0.4, -0.2) is 57.5 Å². The second-order valence-corrected chi connectivity index (χ2v) is 9.79. The third kappa shape index (κ3) is 5.64. The van der Waals surface area contributed by atoms with Crippen molar-refractivity contribution in [1.29, 1.82) is 0 Å². The van der Waals surface area contributed by atoms with E-state index in [0.717, 1.165) is 0 Å². The Labute approximate surface area is 199 Å². The lowest BCUT2D eigenvalue weighted by Crippen LogP contribution is -2.40. The number of morpholine rings is 1. The summed E-state index contributed by atoms with van der Waals surface area (Å²) in [4.78, 5) is 24.3. The largest absolute Gasteiger partial charge is 0.452 e. The van der Waals surface area contributed by atoms with Crippen LogP contribution in [0, 0.1) is 0 Å². The number of anilines is 2. The predicted octanol–water partition coefficient (Wildman–Crippen LogP) is 3.05. The molecule has 172 valence electrons. The number of sulfonamides is 1. The van der Waals surface area contributed by atoms with E-state index in [-0.39, 0.29) is 63.2 Å². The van der Waals surface area contributed by atoms with E-state index in [1.165, 1.54) is 34.6 Å². The fourth-order valence-corrected chi connectivity index (χ4v) is 5.27. The Morgan fingerprint density at radius 1 is 1.09 bits per heavy atom. The van der Waals surface area contributed by atoms with E-state index in [1.807, 2.05) is 0 Å². The maximum Gasteiger partial charge on any atom is 0.340 e. The molecule has 0 bridgehead atoms. The van der Waals surface area contributed by atoms with Gasteiger partial charge in [-0.05, 0) is 30.3 Å². The maximum atomic E-state index is 12.9. The summed E-state index contributed by atoms with van der Waals surface area (Å²) in [6, 6.07) is 6.65. The molecule has 9 nitrogen and oxygen atoms in total. The summed E-state index contributed by atoms with van der Waals surface area (Å²) in [5.74, 6) is -1.60. The summed E-state index contributed by atoms with van der Waals surface area (Å²) < 4.78 is 37.1. The predicted molar refractivity (Wildman–Crippen MR) is 121 cm³/mol. The molecule has 0 unspecified atom stereocenters. The molecule has 1 fully saturated rings. The summed E-state index contributed by atoms with van der Waals surface area (Å²) >= 11 is 17.8. The van der Waals surface area contributed by atoms with Gasteiger partial charge in [0.15, 0.2) is 6.61 Å². The van der Waals surface area contributed by atoms with Gasteiger partial charge in [0, 0.05) is 23.8 Å². The van der Waals surface area contributed by atoms with Crippen LogP contribution < -0.4 is 11.1 Å². The SMILES string of the molecule is Nc1c(Cl)cc(Cl)cc1C(=O)OCC(=O)Nc1ccc(Cl)c(S(=O)(=O)N2CCOCC2)c1. The van der Waals surface area contributed by atoms with Crippen LogP contribution in [0.2, 0.25) is 15.1 Å². The van der Waals surface area contributed by atoms with E-state index < -0.39 is 28.5 Å². The van der Waals surface area contributed by atoms with Crippen molar-refractivity contribution in [2.24, 2.45) is 0 Å². The highest BCUT2D eigenvalue weighted by molar-refractivity contribution is 7.89. The van der Waals surface area contributed by atoms with Crippen LogP contribution in [-0.2, 0) is 24.3 Å². The molecule has 0 saturated carbocycles. The molecule has 1 aliphatic rings. The first-order valence-electron chi connectivity index (χ1n) is 9.18. The minimum atomic E-state index is -3.88. The number of rotatable bonds is 6. The van der Waals surface area contributed by atoms with Gasteiger partial charge in [0.1, 0.15) is 4.90 Å². The van der Waals surface area contributed by atoms with Gasteiger partial charge in [-0.3, -0.25) is 4.79 Å². The van der Waals surface area contributed by atoms with E-state index in [9.17, 15) is 18.0 Å². The minimum Gasteiger partial charge on any atom is -0.452 e. The Morgan fingerprint density at radius 2 is 1.78 bits per heavy atom. The highest BCUT2D eigenvalue weighted by Gasteiger charge is 2.28. The van der Waals surface area contributed by atoms with Crippen molar-refractivity contribution < 1.29 is 27.5 Å². The highest BCUT2D eigenvalue weighted by Crippen LogP contribution is 2.29. The molecule has 13 heteroatoms. The van der Waals surface area contributed by atoms with Crippen molar-refractivity contribution in [1.82, 2.24) is 4.31 Å². The zero-order chi connectivity index (χ0) is 23.5. The number of nitrogens with two attached hydrogens (primary N) is 1. The molecule has 0 spiro atoms. The van der Waals surface area contributed by atoms with Crippen molar-refractivity contribution in [3.05, 3.63) is 51.0 Å². The van der Waals surface area contributed by atoms with Gasteiger partial charge >= 0.3 is 5.97 Å². The standard InChI is InChI=1S/C19H18Cl3N3O6S/c20-11-7-13(18(23)15(22)8-11)19(27)31-10-17(26)24-12-1-2-14(21)16(9-12)32(28,29)25-3-5-30-6-4-25/h1-2,7-9H,3-6,10,23H2,(H,24,26). The number of benzene rings is 2. The molecule has 0 aliphatic carbocycles. The first-order valence-corrected chi connectivity index (χ1v) is 11.8. The molecule has 2 aromatic rings. The molecule has 1 heterocycles. The van der Waals surface area contributed by atoms with Gasteiger partial charge < -0.3 is 20.5 Å². The number of esters is 1. The van der Waals surface area contributed by atoms with E-state index in [2.05, 4.69) is 5.32 Å². The monoisotopic (exact) mass is 521 g/mol. The summed E-state index contributed by atoms with van der Waals surface area (Å²) in [5, 5.41) is 2.72. The molecule has 32 heavy (non-hydrogen) atoms. The van der Waals surface area contributed by atoms with Gasteiger partial charge in [-0.15, -0.1) is 0 Å². The summed E-state index contributed by atoms with van der Waals surface area (Å²) in [7, 11) is -3.88. The summed E-state index contributed by atoms with van der Waals surface area (Å²) in [6.07, 6.45) is 0. The van der Waals surface area contributed by atoms with Crippen LogP contribution in [0.3, 0.4) is 0 Å². The maximum absolute atomic E-state index is 12.9. The minimum absolute atomic E-state index is 0.00855. The molecular weight excluding hydrogens is 505 g/mol. The van der Waals surface area contributed by atoms with Crippen LogP contribution in [0.15, 0.2) is 35.2 Å². The molecule has 1 aliphatic heterocycles. The molecule has 0 radical (unpaired) electrons. The topological polar surface area (TPSA) is 128 Å². The van der Waals surface area contributed by atoms with Gasteiger partial charge in [-0.2, -0.15) is 4.31 Å². The zero-order valence-electron chi connectivity index (χ0n) is 16.4. The number of nitrogens with one attached hydrogen (secondary N) is 1. The third-order valence-corrected chi connectivity index (χ3v) is 7.36. The lowest BCUT2D eigenvalue weighted by atomic mass is 10.2. The van der Waals surface area contributed by atoms with E-state index >= 15 is 0 Å². The zero-order valence-corrected chi connectivity index (χ0v) is 19.5. The van der Waals surface area contributed by atoms with Crippen molar-refractivity contribution in [2.75, 3.05) is 44.0 Å². The van der Waals surface area contributed by atoms with Crippen LogP contribution in [0.5, 0.6) is 0 Å². The molecule has 0 atom stereocenters. The van der Waals surface area contributed by atoms with Gasteiger partial charge in [-0.25, -0.2) is 13.2 Å². The molecule has 0 aromatic heterocycles. The Bertz CT molecular complexity index is 1150. The third-order valence-electron chi connectivity index (χ3n) is 4.45. The number of nitrogen functional groups attached to an aromatic ring is 1. The van der Waals surface area contributed by atoms with Crippen LogP contribution >= 0.6 is 34.8 Å². The molecule has 2 aromatic carbocycles. The number of ether oxygens (including phenoxy) is 2. The number of carbonyl (C=O) groups excluding carboxylic acids is 2. The quantitative estimate of drug-likeness (QED) is 0.441. The van der Waals surface area contributed by atoms with Gasteiger partial charge in [0.25, 0.3) is 5.91 Å². The second-order valence-electron chi connectivity index (χ2n) is 6.63. The van der Waals surface area contributed by atoms with E-state index in [1.54, 1.807) is 0 Å². The fraction of sp³-hybridized carbons (Fsp3) is 0.263. The first-order chi connectivity index (χ1) is 15.1. The summed E-state index contributed by atoms with van der Waals surface area (Å²) in [6.45, 7) is 0.294. The fourth-order valence-electron chi connectivity index (χ4n) is 2.86.